The molecule has 152 valence electrons. The minimum atomic E-state index is -0.460. The normalized spacial score (nSPS) is 19.4. The van der Waals surface area contributed by atoms with Gasteiger partial charge in [-0.3, -0.25) is 4.79 Å². The third kappa shape index (κ3) is 4.49. The average Bonchev–Trinajstić information content (AvgIpc) is 3.29. The summed E-state index contributed by atoms with van der Waals surface area (Å²) < 4.78 is 12.7. The van der Waals surface area contributed by atoms with E-state index in [1.807, 2.05) is 37.6 Å². The van der Waals surface area contributed by atoms with Gasteiger partial charge in [-0.25, -0.2) is 4.79 Å². The van der Waals surface area contributed by atoms with Gasteiger partial charge in [-0.15, -0.1) is 0 Å². The Labute approximate surface area is 166 Å². The van der Waals surface area contributed by atoms with E-state index in [0.29, 0.717) is 12.1 Å². The molecule has 1 aliphatic rings. The van der Waals surface area contributed by atoms with Crippen LogP contribution in [0.1, 0.15) is 60.1 Å². The number of rotatable bonds is 6. The molecule has 0 spiro atoms. The molecule has 0 bridgehead atoms. The van der Waals surface area contributed by atoms with Gasteiger partial charge in [0, 0.05) is 24.5 Å². The van der Waals surface area contributed by atoms with Crippen LogP contribution in [0.15, 0.2) is 28.9 Å². The van der Waals surface area contributed by atoms with Gasteiger partial charge < -0.3 is 18.6 Å². The first kappa shape index (κ1) is 20.2. The predicted octanol–water partition coefficient (Wildman–Crippen LogP) is 3.94. The lowest BCUT2D eigenvalue weighted by molar-refractivity contribution is -0.136. The zero-order valence-electron chi connectivity index (χ0n) is 17.2. The van der Waals surface area contributed by atoms with Crippen LogP contribution in [0.5, 0.6) is 0 Å². The van der Waals surface area contributed by atoms with Crippen molar-refractivity contribution in [1.82, 2.24) is 9.47 Å². The first-order valence-corrected chi connectivity index (χ1v) is 9.98. The topological polar surface area (TPSA) is 64.7 Å². The fraction of sp³-hybridized carbons (Fsp3) is 0.545. The van der Waals surface area contributed by atoms with Crippen molar-refractivity contribution in [3.8, 4) is 0 Å². The Morgan fingerprint density at radius 2 is 1.96 bits per heavy atom. The van der Waals surface area contributed by atoms with Crippen LogP contribution in [0.3, 0.4) is 0 Å². The van der Waals surface area contributed by atoms with E-state index in [-0.39, 0.29) is 18.6 Å². The minimum Gasteiger partial charge on any atom is -0.467 e. The SMILES string of the molecule is Cc1cc(C(=O)OCC(=O)N(C)C2CCC(C)CC2)c(C)n1Cc1ccco1. The van der Waals surface area contributed by atoms with Crippen LogP contribution in [-0.4, -0.2) is 41.0 Å². The molecular formula is C22H30N2O4. The van der Waals surface area contributed by atoms with E-state index in [4.69, 9.17) is 9.15 Å². The van der Waals surface area contributed by atoms with Crippen LogP contribution in [0, 0.1) is 19.8 Å². The first-order valence-electron chi connectivity index (χ1n) is 9.98. The zero-order valence-corrected chi connectivity index (χ0v) is 17.2. The van der Waals surface area contributed by atoms with Crippen molar-refractivity contribution in [1.29, 1.82) is 0 Å². The Hall–Kier alpha value is -2.50. The lowest BCUT2D eigenvalue weighted by atomic mass is 9.87. The summed E-state index contributed by atoms with van der Waals surface area (Å²) in [6.45, 7) is 6.41. The second-order valence-electron chi connectivity index (χ2n) is 7.94. The molecule has 2 aromatic heterocycles. The molecule has 0 N–H and O–H groups in total. The lowest BCUT2D eigenvalue weighted by Gasteiger charge is -2.33. The molecule has 28 heavy (non-hydrogen) atoms. The molecule has 6 heteroatoms. The maximum Gasteiger partial charge on any atom is 0.340 e. The molecule has 0 unspecified atom stereocenters. The van der Waals surface area contributed by atoms with Gasteiger partial charge in [-0.05, 0) is 63.6 Å². The monoisotopic (exact) mass is 386 g/mol. The number of carbonyl (C=O) groups is 2. The third-order valence-corrected chi connectivity index (χ3v) is 5.94. The Bertz CT molecular complexity index is 814. The van der Waals surface area contributed by atoms with Crippen molar-refractivity contribution in [2.45, 2.75) is 59.0 Å². The summed E-state index contributed by atoms with van der Waals surface area (Å²) in [7, 11) is 1.81. The highest BCUT2D eigenvalue weighted by atomic mass is 16.5. The molecule has 6 nitrogen and oxygen atoms in total. The maximum absolute atomic E-state index is 12.6. The Kier molecular flexibility index (Phi) is 6.27. The molecule has 1 aliphatic carbocycles. The molecule has 2 aromatic rings. The molecule has 0 radical (unpaired) electrons. The second-order valence-corrected chi connectivity index (χ2v) is 7.94. The van der Waals surface area contributed by atoms with Crippen molar-refractivity contribution < 1.29 is 18.7 Å². The van der Waals surface area contributed by atoms with Crippen LogP contribution < -0.4 is 0 Å². The summed E-state index contributed by atoms with van der Waals surface area (Å²) in [5, 5.41) is 0. The number of aromatic nitrogens is 1. The van der Waals surface area contributed by atoms with Crippen LogP contribution in [0.25, 0.3) is 0 Å². The van der Waals surface area contributed by atoms with Crippen molar-refractivity contribution in [3.05, 3.63) is 47.2 Å². The predicted molar refractivity (Wildman–Crippen MR) is 106 cm³/mol. The minimum absolute atomic E-state index is 0.141. The number of furan rings is 1. The number of carbonyl (C=O) groups excluding carboxylic acids is 2. The van der Waals surface area contributed by atoms with Crippen LogP contribution in [-0.2, 0) is 16.1 Å². The van der Waals surface area contributed by atoms with Gasteiger partial charge in [0.1, 0.15) is 5.76 Å². The molecule has 2 heterocycles. The van der Waals surface area contributed by atoms with Crippen LogP contribution in [0.2, 0.25) is 0 Å². The van der Waals surface area contributed by atoms with Gasteiger partial charge >= 0.3 is 5.97 Å². The molecule has 0 aliphatic heterocycles. The van der Waals surface area contributed by atoms with Gasteiger partial charge in [0.25, 0.3) is 5.91 Å². The number of esters is 1. The Balaban J connectivity index is 1.58. The quantitative estimate of drug-likeness (QED) is 0.706. The highest BCUT2D eigenvalue weighted by Crippen LogP contribution is 2.26. The van der Waals surface area contributed by atoms with Gasteiger partial charge in [-0.2, -0.15) is 0 Å². The van der Waals surface area contributed by atoms with E-state index in [2.05, 4.69) is 6.92 Å². The van der Waals surface area contributed by atoms with Crippen molar-refractivity contribution >= 4 is 11.9 Å². The summed E-state index contributed by atoms with van der Waals surface area (Å²) in [6, 6.07) is 5.79. The Morgan fingerprint density at radius 3 is 2.61 bits per heavy atom. The van der Waals surface area contributed by atoms with E-state index < -0.39 is 5.97 Å². The number of hydrogen-bond donors (Lipinski definition) is 0. The van der Waals surface area contributed by atoms with E-state index >= 15 is 0 Å². The van der Waals surface area contributed by atoms with Crippen molar-refractivity contribution in [3.63, 3.8) is 0 Å². The smallest absolute Gasteiger partial charge is 0.340 e. The molecule has 3 rings (SSSR count). The lowest BCUT2D eigenvalue weighted by Crippen LogP contribution is -2.41. The summed E-state index contributed by atoms with van der Waals surface area (Å²) >= 11 is 0. The molecule has 1 saturated carbocycles. The Morgan fingerprint density at radius 1 is 1.25 bits per heavy atom. The number of likely N-dealkylation sites (N-methyl/N-ethyl adjacent to an activating group) is 1. The number of nitrogens with zero attached hydrogens (tertiary/aromatic N) is 2. The van der Waals surface area contributed by atoms with Gasteiger partial charge in [0.05, 0.1) is 18.4 Å². The molecule has 1 fully saturated rings. The molecule has 0 atom stereocenters. The van der Waals surface area contributed by atoms with E-state index in [9.17, 15) is 9.59 Å². The molecule has 0 saturated heterocycles. The highest BCUT2D eigenvalue weighted by Gasteiger charge is 2.26. The summed E-state index contributed by atoms with van der Waals surface area (Å²) in [5.41, 5.74) is 2.24. The van der Waals surface area contributed by atoms with Gasteiger partial charge in [-0.1, -0.05) is 6.92 Å². The molecular weight excluding hydrogens is 356 g/mol. The van der Waals surface area contributed by atoms with Crippen molar-refractivity contribution in [2.75, 3.05) is 13.7 Å². The first-order chi connectivity index (χ1) is 13.4. The van der Waals surface area contributed by atoms with Gasteiger partial charge in [0.15, 0.2) is 6.61 Å². The standard InChI is InChI=1S/C22H30N2O4/c1-15-7-9-18(10-8-15)23(4)21(25)14-28-22(26)20-12-16(2)24(17(20)3)13-19-6-5-11-27-19/h5-6,11-12,15,18H,7-10,13-14H2,1-4H3. The largest absolute Gasteiger partial charge is 0.467 e. The average molecular weight is 386 g/mol. The van der Waals surface area contributed by atoms with E-state index in [1.54, 1.807) is 17.2 Å². The fourth-order valence-corrected chi connectivity index (χ4v) is 3.95. The highest BCUT2D eigenvalue weighted by molar-refractivity contribution is 5.92. The van der Waals surface area contributed by atoms with E-state index in [1.165, 1.54) is 0 Å². The fourth-order valence-electron chi connectivity index (χ4n) is 3.95. The summed E-state index contributed by atoms with van der Waals surface area (Å²) in [4.78, 5) is 26.8. The maximum atomic E-state index is 12.6. The number of hydrogen-bond acceptors (Lipinski definition) is 4. The zero-order chi connectivity index (χ0) is 20.3. The van der Waals surface area contributed by atoms with E-state index in [0.717, 1.165) is 48.7 Å². The summed E-state index contributed by atoms with van der Waals surface area (Å²) in [5.74, 6) is 0.949. The third-order valence-electron chi connectivity index (χ3n) is 5.94. The van der Waals surface area contributed by atoms with Crippen LogP contribution in [0.4, 0.5) is 0 Å². The number of ether oxygens (including phenoxy) is 1. The number of aryl methyl sites for hydroxylation is 1. The second kappa shape index (κ2) is 8.67. The molecule has 1 amide bonds. The van der Waals surface area contributed by atoms with Crippen LogP contribution >= 0.6 is 0 Å². The summed E-state index contributed by atoms with van der Waals surface area (Å²) in [6.07, 6.45) is 5.96. The number of amides is 1. The van der Waals surface area contributed by atoms with Crippen molar-refractivity contribution in [2.24, 2.45) is 5.92 Å². The van der Waals surface area contributed by atoms with Gasteiger partial charge in [0.2, 0.25) is 0 Å². The molecule has 0 aromatic carbocycles.